The van der Waals surface area contributed by atoms with E-state index in [0.29, 0.717) is 10.6 Å². The summed E-state index contributed by atoms with van der Waals surface area (Å²) >= 11 is 7.47. The van der Waals surface area contributed by atoms with Crippen molar-refractivity contribution in [2.45, 2.75) is 18.2 Å². The molecule has 0 aliphatic heterocycles. The molecule has 0 atom stereocenters. The fourth-order valence-corrected chi connectivity index (χ4v) is 2.37. The number of rotatable bonds is 5. The second-order valence-corrected chi connectivity index (χ2v) is 5.70. The molecule has 0 saturated carbocycles. The number of carbonyl (C=O) groups is 2. The lowest BCUT2D eigenvalue weighted by Gasteiger charge is -2.11. The molecule has 0 unspecified atom stereocenters. The van der Waals surface area contributed by atoms with Crippen molar-refractivity contribution in [3.05, 3.63) is 28.8 Å². The number of benzene rings is 1. The minimum Gasteiger partial charge on any atom is -0.348 e. The number of ketones is 1. The van der Waals surface area contributed by atoms with Gasteiger partial charge in [0.1, 0.15) is 0 Å². The third-order valence-electron chi connectivity index (χ3n) is 2.35. The fourth-order valence-electron chi connectivity index (χ4n) is 1.39. The largest absolute Gasteiger partial charge is 0.348 e. The standard InChI is InChI=1S/C13H16ClNO2S/c1-4-18-12-6-5-9(14)7-10(12)11(16)8-13(17)15(2)3/h5-7H,4,8H2,1-3H3. The Bertz CT molecular complexity index is 460. The minimum absolute atomic E-state index is 0.120. The quantitative estimate of drug-likeness (QED) is 0.474. The van der Waals surface area contributed by atoms with E-state index in [1.54, 1.807) is 38.0 Å². The van der Waals surface area contributed by atoms with Gasteiger partial charge < -0.3 is 4.90 Å². The van der Waals surface area contributed by atoms with Gasteiger partial charge in [0.2, 0.25) is 5.91 Å². The molecule has 1 rings (SSSR count). The number of amides is 1. The summed E-state index contributed by atoms with van der Waals surface area (Å²) in [5, 5.41) is 0.510. The Balaban J connectivity index is 2.96. The lowest BCUT2D eigenvalue weighted by atomic mass is 10.1. The molecule has 0 aliphatic rings. The van der Waals surface area contributed by atoms with Crippen LogP contribution in [-0.4, -0.2) is 36.4 Å². The Morgan fingerprint density at radius 3 is 2.56 bits per heavy atom. The molecular formula is C13H16ClNO2S. The molecule has 0 aromatic heterocycles. The van der Waals surface area contributed by atoms with E-state index in [1.807, 2.05) is 13.0 Å². The van der Waals surface area contributed by atoms with Gasteiger partial charge >= 0.3 is 0 Å². The van der Waals surface area contributed by atoms with Crippen molar-refractivity contribution in [2.24, 2.45) is 0 Å². The zero-order valence-electron chi connectivity index (χ0n) is 10.7. The molecule has 5 heteroatoms. The highest BCUT2D eigenvalue weighted by Gasteiger charge is 2.17. The molecule has 0 heterocycles. The maximum Gasteiger partial charge on any atom is 0.229 e. The third-order valence-corrected chi connectivity index (χ3v) is 3.54. The van der Waals surface area contributed by atoms with Crippen LogP contribution in [0.3, 0.4) is 0 Å². The average molecular weight is 286 g/mol. The predicted molar refractivity (Wildman–Crippen MR) is 75.5 cm³/mol. The van der Waals surface area contributed by atoms with Crippen molar-refractivity contribution in [3.63, 3.8) is 0 Å². The molecule has 0 radical (unpaired) electrons. The van der Waals surface area contributed by atoms with Crippen LogP contribution in [0.1, 0.15) is 23.7 Å². The zero-order valence-corrected chi connectivity index (χ0v) is 12.3. The first-order valence-corrected chi connectivity index (χ1v) is 6.97. The van der Waals surface area contributed by atoms with Crippen molar-refractivity contribution >= 4 is 35.1 Å². The van der Waals surface area contributed by atoms with E-state index in [9.17, 15) is 9.59 Å². The van der Waals surface area contributed by atoms with E-state index >= 15 is 0 Å². The monoisotopic (exact) mass is 285 g/mol. The molecule has 0 aliphatic carbocycles. The van der Waals surface area contributed by atoms with Crippen LogP contribution in [0, 0.1) is 0 Å². The van der Waals surface area contributed by atoms with E-state index in [0.717, 1.165) is 10.6 Å². The third kappa shape index (κ3) is 4.03. The van der Waals surface area contributed by atoms with Crippen molar-refractivity contribution in [3.8, 4) is 0 Å². The zero-order chi connectivity index (χ0) is 13.7. The molecule has 0 bridgehead atoms. The molecule has 0 saturated heterocycles. The van der Waals surface area contributed by atoms with Crippen molar-refractivity contribution in [1.29, 1.82) is 0 Å². The molecule has 1 aromatic carbocycles. The Morgan fingerprint density at radius 1 is 1.33 bits per heavy atom. The molecule has 0 N–H and O–H groups in total. The number of hydrogen-bond acceptors (Lipinski definition) is 3. The predicted octanol–water partition coefficient (Wildman–Crippen LogP) is 3.11. The van der Waals surface area contributed by atoms with E-state index in [2.05, 4.69) is 0 Å². The highest BCUT2D eigenvalue weighted by molar-refractivity contribution is 7.99. The van der Waals surface area contributed by atoms with E-state index < -0.39 is 0 Å². The number of nitrogens with zero attached hydrogens (tertiary/aromatic N) is 1. The second-order valence-electron chi connectivity index (χ2n) is 3.96. The number of halogens is 1. The normalized spacial score (nSPS) is 10.2. The van der Waals surface area contributed by atoms with Gasteiger partial charge in [-0.2, -0.15) is 0 Å². The molecule has 0 fully saturated rings. The lowest BCUT2D eigenvalue weighted by molar-refractivity contribution is -0.127. The molecule has 0 spiro atoms. The smallest absolute Gasteiger partial charge is 0.229 e. The fraction of sp³-hybridized carbons (Fsp3) is 0.385. The molecule has 1 amide bonds. The SMILES string of the molecule is CCSc1ccc(Cl)cc1C(=O)CC(=O)N(C)C. The Hall–Kier alpha value is -1.00. The van der Waals surface area contributed by atoms with Gasteiger partial charge in [-0.3, -0.25) is 9.59 Å². The summed E-state index contributed by atoms with van der Waals surface area (Å²) in [6.45, 7) is 2.01. The highest BCUT2D eigenvalue weighted by Crippen LogP contribution is 2.26. The Labute approximate surface area is 116 Å². The first kappa shape index (κ1) is 15.1. The Kier molecular flexibility index (Phi) is 5.69. The van der Waals surface area contributed by atoms with Crippen LogP contribution in [0.15, 0.2) is 23.1 Å². The Morgan fingerprint density at radius 2 is 2.00 bits per heavy atom. The molecule has 98 valence electrons. The van der Waals surface area contributed by atoms with E-state index in [1.165, 1.54) is 4.90 Å². The first-order chi connectivity index (χ1) is 8.45. The minimum atomic E-state index is -0.201. The molecule has 3 nitrogen and oxygen atoms in total. The van der Waals surface area contributed by atoms with Gasteiger partial charge in [0.05, 0.1) is 6.42 Å². The van der Waals surface area contributed by atoms with Crippen LogP contribution in [0.5, 0.6) is 0 Å². The molecule has 18 heavy (non-hydrogen) atoms. The van der Waals surface area contributed by atoms with Gasteiger partial charge in [0, 0.05) is 29.6 Å². The van der Waals surface area contributed by atoms with Gasteiger partial charge in [-0.1, -0.05) is 18.5 Å². The van der Waals surface area contributed by atoms with Crippen LogP contribution in [0.4, 0.5) is 0 Å². The van der Waals surface area contributed by atoms with Crippen molar-refractivity contribution in [1.82, 2.24) is 4.90 Å². The van der Waals surface area contributed by atoms with Gasteiger partial charge in [-0.15, -0.1) is 11.8 Å². The summed E-state index contributed by atoms with van der Waals surface area (Å²) in [6, 6.07) is 5.21. The first-order valence-electron chi connectivity index (χ1n) is 5.61. The molecule has 1 aromatic rings. The number of Topliss-reactive ketones (excluding diaryl/α,β-unsaturated/α-hetero) is 1. The average Bonchev–Trinajstić information content (AvgIpc) is 2.31. The maximum absolute atomic E-state index is 12.1. The van der Waals surface area contributed by atoms with Crippen molar-refractivity contribution < 1.29 is 9.59 Å². The van der Waals surface area contributed by atoms with Crippen LogP contribution in [-0.2, 0) is 4.79 Å². The van der Waals surface area contributed by atoms with Gasteiger partial charge in [0.15, 0.2) is 5.78 Å². The van der Waals surface area contributed by atoms with E-state index in [4.69, 9.17) is 11.6 Å². The number of hydrogen-bond donors (Lipinski definition) is 0. The van der Waals surface area contributed by atoms with Crippen LogP contribution < -0.4 is 0 Å². The summed E-state index contributed by atoms with van der Waals surface area (Å²) in [7, 11) is 3.27. The topological polar surface area (TPSA) is 37.4 Å². The number of thioether (sulfide) groups is 1. The molecular weight excluding hydrogens is 270 g/mol. The summed E-state index contributed by atoms with van der Waals surface area (Å²) in [5.74, 6) is 0.475. The summed E-state index contributed by atoms with van der Waals surface area (Å²) in [6.07, 6.45) is -0.120. The maximum atomic E-state index is 12.1. The van der Waals surface area contributed by atoms with Crippen LogP contribution >= 0.6 is 23.4 Å². The number of carbonyl (C=O) groups excluding carboxylic acids is 2. The van der Waals surface area contributed by atoms with E-state index in [-0.39, 0.29) is 18.1 Å². The van der Waals surface area contributed by atoms with Crippen LogP contribution in [0.25, 0.3) is 0 Å². The van der Waals surface area contributed by atoms with Gasteiger partial charge in [-0.05, 0) is 24.0 Å². The lowest BCUT2D eigenvalue weighted by Crippen LogP contribution is -2.24. The summed E-state index contributed by atoms with van der Waals surface area (Å²) in [5.41, 5.74) is 0.532. The second kappa shape index (κ2) is 6.81. The van der Waals surface area contributed by atoms with Gasteiger partial charge in [0.25, 0.3) is 0 Å². The van der Waals surface area contributed by atoms with Crippen LogP contribution in [0.2, 0.25) is 5.02 Å². The van der Waals surface area contributed by atoms with Gasteiger partial charge in [-0.25, -0.2) is 0 Å². The van der Waals surface area contributed by atoms with Crippen molar-refractivity contribution in [2.75, 3.05) is 19.8 Å². The summed E-state index contributed by atoms with van der Waals surface area (Å²) in [4.78, 5) is 25.9. The summed E-state index contributed by atoms with van der Waals surface area (Å²) < 4.78 is 0. The highest BCUT2D eigenvalue weighted by atomic mass is 35.5.